The Morgan fingerprint density at radius 2 is 1.61 bits per heavy atom. The van der Waals surface area contributed by atoms with Gasteiger partial charge in [0.2, 0.25) is 5.88 Å². The van der Waals surface area contributed by atoms with Crippen LogP contribution >= 0.6 is 0 Å². The summed E-state index contributed by atoms with van der Waals surface area (Å²) in [4.78, 5) is 45.8. The Morgan fingerprint density at radius 1 is 0.870 bits per heavy atom. The summed E-state index contributed by atoms with van der Waals surface area (Å²) >= 11 is 0. The van der Waals surface area contributed by atoms with Crippen LogP contribution < -0.4 is 20.7 Å². The number of halogens is 3. The third-order valence-electron chi connectivity index (χ3n) is 6.22. The molecule has 0 aliphatic rings. The molecule has 0 saturated heterocycles. The number of hydrogen-bond acceptors (Lipinski definition) is 7. The van der Waals surface area contributed by atoms with E-state index in [1.54, 1.807) is 64.1 Å². The Hall–Kier alpha value is -5.46. The van der Waals surface area contributed by atoms with Crippen LogP contribution in [-0.4, -0.2) is 40.2 Å². The minimum Gasteiger partial charge on any atom is -0.444 e. The van der Waals surface area contributed by atoms with E-state index in [1.807, 2.05) is 0 Å². The third kappa shape index (κ3) is 9.78. The average molecular weight is 636 g/mol. The van der Waals surface area contributed by atoms with Gasteiger partial charge >= 0.3 is 18.4 Å². The minimum atomic E-state index is -4.47. The maximum Gasteiger partial charge on any atom is 0.416 e. The molecule has 0 aliphatic heterocycles. The number of carbonyl (C=O) groups excluding carboxylic acids is 3. The number of anilines is 2. The van der Waals surface area contributed by atoms with Crippen molar-refractivity contribution in [2.24, 2.45) is 0 Å². The van der Waals surface area contributed by atoms with Gasteiger partial charge in [-0.05, 0) is 75.2 Å². The molecule has 240 valence electrons. The van der Waals surface area contributed by atoms with Crippen molar-refractivity contribution in [1.29, 1.82) is 0 Å². The molecule has 0 saturated carbocycles. The summed E-state index contributed by atoms with van der Waals surface area (Å²) in [6.45, 7) is 7.24. The molecule has 0 spiro atoms. The predicted octanol–water partition coefficient (Wildman–Crippen LogP) is 7.40. The largest absolute Gasteiger partial charge is 0.444 e. The summed E-state index contributed by atoms with van der Waals surface area (Å²) in [5.74, 6) is -0.201. The van der Waals surface area contributed by atoms with Crippen molar-refractivity contribution >= 4 is 29.6 Å². The van der Waals surface area contributed by atoms with Crippen molar-refractivity contribution in [2.75, 3.05) is 17.2 Å². The van der Waals surface area contributed by atoms with Crippen LogP contribution in [0, 0.1) is 6.92 Å². The van der Waals surface area contributed by atoms with Crippen molar-refractivity contribution in [3.63, 3.8) is 0 Å². The van der Waals surface area contributed by atoms with Gasteiger partial charge in [-0.1, -0.05) is 35.9 Å². The third-order valence-corrected chi connectivity index (χ3v) is 6.22. The first-order valence-electron chi connectivity index (χ1n) is 14.1. The molecule has 4 aromatic rings. The van der Waals surface area contributed by atoms with Gasteiger partial charge in [-0.25, -0.2) is 19.6 Å². The van der Waals surface area contributed by atoms with Crippen LogP contribution in [0.2, 0.25) is 0 Å². The average Bonchev–Trinajstić information content (AvgIpc) is 2.97. The molecule has 0 fully saturated rings. The molecular weight excluding hydrogens is 603 g/mol. The zero-order chi connectivity index (χ0) is 33.5. The molecule has 0 atom stereocenters. The Kier molecular flexibility index (Phi) is 10.2. The van der Waals surface area contributed by atoms with Gasteiger partial charge in [-0.2, -0.15) is 13.2 Å². The van der Waals surface area contributed by atoms with Gasteiger partial charge < -0.3 is 20.1 Å². The maximum absolute atomic E-state index is 13.2. The molecule has 46 heavy (non-hydrogen) atoms. The number of amides is 3. The van der Waals surface area contributed by atoms with Gasteiger partial charge in [-0.3, -0.25) is 10.1 Å². The quantitative estimate of drug-likeness (QED) is 0.184. The first kappa shape index (κ1) is 33.4. The number of alkyl halides is 3. The van der Waals surface area contributed by atoms with E-state index in [2.05, 4.69) is 25.9 Å². The fraction of sp³-hybridized carbons (Fsp3) is 0.242. The summed E-state index contributed by atoms with van der Waals surface area (Å²) in [6.07, 6.45) is -4.20. The number of pyridine rings is 2. The van der Waals surface area contributed by atoms with Crippen molar-refractivity contribution in [3.05, 3.63) is 101 Å². The van der Waals surface area contributed by atoms with E-state index >= 15 is 0 Å². The number of nitrogens with zero attached hydrogens (tertiary/aromatic N) is 2. The van der Waals surface area contributed by atoms with Crippen LogP contribution in [0.4, 0.5) is 34.3 Å². The fourth-order valence-corrected chi connectivity index (χ4v) is 4.17. The fourth-order valence-electron chi connectivity index (χ4n) is 4.17. The van der Waals surface area contributed by atoms with Crippen LogP contribution in [-0.2, 0) is 17.3 Å². The molecule has 4 rings (SSSR count). The molecule has 2 aromatic carbocycles. The first-order valence-corrected chi connectivity index (χ1v) is 14.1. The Balaban J connectivity index is 1.30. The van der Waals surface area contributed by atoms with Crippen molar-refractivity contribution in [3.8, 4) is 17.0 Å². The second kappa shape index (κ2) is 14.1. The topological polar surface area (TPSA) is 132 Å². The molecule has 13 heteroatoms. The van der Waals surface area contributed by atoms with Gasteiger partial charge in [0.15, 0.2) is 0 Å². The highest BCUT2D eigenvalue weighted by molar-refractivity contribution is 6.08. The molecule has 2 aromatic heterocycles. The zero-order valence-corrected chi connectivity index (χ0v) is 25.5. The summed E-state index contributed by atoms with van der Waals surface area (Å²) in [6, 6.07) is 17.6. The lowest BCUT2D eigenvalue weighted by atomic mass is 9.96. The maximum atomic E-state index is 13.2. The van der Waals surface area contributed by atoms with Crippen LogP contribution in [0.3, 0.4) is 0 Å². The molecule has 0 unspecified atom stereocenters. The second-order valence-corrected chi connectivity index (χ2v) is 11.2. The number of aromatic nitrogens is 2. The van der Waals surface area contributed by atoms with E-state index in [0.717, 1.165) is 17.7 Å². The van der Waals surface area contributed by atoms with Crippen molar-refractivity contribution in [2.45, 2.75) is 45.9 Å². The van der Waals surface area contributed by atoms with Gasteiger partial charge in [0.1, 0.15) is 11.4 Å². The highest BCUT2D eigenvalue weighted by atomic mass is 19.4. The van der Waals surface area contributed by atoms with Crippen LogP contribution in [0.25, 0.3) is 11.1 Å². The standard InChI is InChI=1S/C33H32F3N5O5/c1-20-8-14-25(21-9-11-22(12-10-21)33(34,35)36)26(18-20)29(42)40-24-13-15-28(38-19-24)45-30(43)37-17-16-23-6-5-7-27(39-23)41-31(44)46-32(2,3)4/h5-15,18-19H,16-17H2,1-4H3,(H,37,43)(H,40,42)(H,39,41,44). The molecule has 0 bridgehead atoms. The number of carbonyl (C=O) groups is 3. The van der Waals surface area contributed by atoms with Crippen molar-refractivity contribution < 1.29 is 37.0 Å². The zero-order valence-electron chi connectivity index (χ0n) is 25.5. The van der Waals surface area contributed by atoms with E-state index in [4.69, 9.17) is 9.47 Å². The van der Waals surface area contributed by atoms with E-state index in [-0.39, 0.29) is 18.0 Å². The Labute approximate surface area is 263 Å². The molecule has 3 N–H and O–H groups in total. The molecule has 0 radical (unpaired) electrons. The van der Waals surface area contributed by atoms with Crippen LogP contribution in [0.15, 0.2) is 79.0 Å². The summed E-state index contributed by atoms with van der Waals surface area (Å²) < 4.78 is 49.4. The smallest absolute Gasteiger partial charge is 0.416 e. The SMILES string of the molecule is Cc1ccc(-c2ccc(C(F)(F)F)cc2)c(C(=O)Nc2ccc(OC(=O)NCCc3cccc(NC(=O)OC(C)(C)C)n3)nc2)c1. The van der Waals surface area contributed by atoms with Crippen molar-refractivity contribution in [1.82, 2.24) is 15.3 Å². The lowest BCUT2D eigenvalue weighted by Crippen LogP contribution is -2.29. The van der Waals surface area contributed by atoms with E-state index in [9.17, 15) is 27.6 Å². The summed E-state index contributed by atoms with van der Waals surface area (Å²) in [5.41, 5.74) is 1.45. The van der Waals surface area contributed by atoms with Gasteiger partial charge in [-0.15, -0.1) is 0 Å². The lowest BCUT2D eigenvalue weighted by molar-refractivity contribution is -0.137. The molecular formula is C33H32F3N5O5. The van der Waals surface area contributed by atoms with E-state index in [0.29, 0.717) is 34.7 Å². The number of benzene rings is 2. The number of ether oxygens (including phenoxy) is 2. The van der Waals surface area contributed by atoms with E-state index in [1.165, 1.54) is 30.5 Å². The number of nitrogens with one attached hydrogen (secondary N) is 3. The number of hydrogen-bond donors (Lipinski definition) is 3. The highest BCUT2D eigenvalue weighted by Crippen LogP contribution is 2.32. The normalized spacial score (nSPS) is 11.4. The predicted molar refractivity (Wildman–Crippen MR) is 166 cm³/mol. The second-order valence-electron chi connectivity index (χ2n) is 11.2. The molecule has 3 amide bonds. The molecule has 0 aliphatic carbocycles. The van der Waals surface area contributed by atoms with Gasteiger partial charge in [0.05, 0.1) is 17.4 Å². The van der Waals surface area contributed by atoms with Gasteiger partial charge in [0, 0.05) is 30.3 Å². The van der Waals surface area contributed by atoms with Crippen LogP contribution in [0.1, 0.15) is 48.0 Å². The summed E-state index contributed by atoms with van der Waals surface area (Å²) in [5, 5.41) is 7.87. The van der Waals surface area contributed by atoms with Crippen LogP contribution in [0.5, 0.6) is 5.88 Å². The lowest BCUT2D eigenvalue weighted by Gasteiger charge is -2.19. The number of aryl methyl sites for hydroxylation is 1. The molecule has 2 heterocycles. The first-order chi connectivity index (χ1) is 21.7. The van der Waals surface area contributed by atoms with E-state index < -0.39 is 35.4 Å². The minimum absolute atomic E-state index is 0.0156. The highest BCUT2D eigenvalue weighted by Gasteiger charge is 2.30. The number of rotatable bonds is 8. The molecule has 10 nitrogen and oxygen atoms in total. The summed E-state index contributed by atoms with van der Waals surface area (Å²) in [7, 11) is 0. The van der Waals surface area contributed by atoms with Gasteiger partial charge in [0.25, 0.3) is 5.91 Å². The Bertz CT molecular complexity index is 1700. The Morgan fingerprint density at radius 3 is 2.26 bits per heavy atom. The monoisotopic (exact) mass is 635 g/mol.